The molecule has 2 heterocycles. The quantitative estimate of drug-likeness (QED) is 0.786. The van der Waals surface area contributed by atoms with Crippen molar-refractivity contribution in [2.45, 2.75) is 31.6 Å². The summed E-state index contributed by atoms with van der Waals surface area (Å²) in [6.45, 7) is 4.61. The molecule has 1 atom stereocenters. The van der Waals surface area contributed by atoms with E-state index in [2.05, 4.69) is 10.1 Å². The molecule has 1 aromatic carbocycles. The third-order valence-electron chi connectivity index (χ3n) is 3.96. The zero-order valence-corrected chi connectivity index (χ0v) is 15.6. The molecule has 0 N–H and O–H groups in total. The van der Waals surface area contributed by atoms with Crippen LogP contribution in [0.2, 0.25) is 5.02 Å². The molecule has 9 heteroatoms. The molecular formula is C16H20ClN3O4S. The number of sulfonamides is 1. The number of aromatic nitrogens is 2. The lowest BCUT2D eigenvalue weighted by atomic mass is 10.2. The van der Waals surface area contributed by atoms with Gasteiger partial charge in [0.15, 0.2) is 0 Å². The lowest BCUT2D eigenvalue weighted by molar-refractivity contribution is -0.00863. The highest BCUT2D eigenvalue weighted by Gasteiger charge is 2.33. The highest BCUT2D eigenvalue weighted by molar-refractivity contribution is 7.88. The third-order valence-corrected chi connectivity index (χ3v) is 6.12. The standard InChI is InChI=1S/C16H20ClN3O4S/c1-11(2)16-18-15(19-24-16)14-9-20(7-8-23-14)25(21,22)10-12-5-3-4-6-13(12)17/h3-6,11,14H,7-10H2,1-2H3. The van der Waals surface area contributed by atoms with Crippen LogP contribution in [0.5, 0.6) is 0 Å². The Labute approximate surface area is 152 Å². The third kappa shape index (κ3) is 4.20. The number of benzene rings is 1. The number of hydrogen-bond acceptors (Lipinski definition) is 6. The number of hydrogen-bond donors (Lipinski definition) is 0. The van der Waals surface area contributed by atoms with E-state index < -0.39 is 16.1 Å². The van der Waals surface area contributed by atoms with E-state index in [4.69, 9.17) is 20.9 Å². The van der Waals surface area contributed by atoms with Gasteiger partial charge in [-0.2, -0.15) is 9.29 Å². The monoisotopic (exact) mass is 385 g/mol. The topological polar surface area (TPSA) is 85.5 Å². The van der Waals surface area contributed by atoms with Crippen molar-refractivity contribution in [2.75, 3.05) is 19.7 Å². The van der Waals surface area contributed by atoms with Crippen molar-refractivity contribution >= 4 is 21.6 Å². The Morgan fingerprint density at radius 3 is 2.80 bits per heavy atom. The maximum Gasteiger partial charge on any atom is 0.229 e. The molecular weight excluding hydrogens is 366 g/mol. The first-order valence-electron chi connectivity index (χ1n) is 8.03. The summed E-state index contributed by atoms with van der Waals surface area (Å²) in [5, 5.41) is 4.36. The highest BCUT2D eigenvalue weighted by Crippen LogP contribution is 2.26. The Morgan fingerprint density at radius 1 is 1.36 bits per heavy atom. The van der Waals surface area contributed by atoms with Crippen LogP contribution in [0.4, 0.5) is 0 Å². The van der Waals surface area contributed by atoms with Crippen LogP contribution in [-0.4, -0.2) is 42.6 Å². The molecule has 0 radical (unpaired) electrons. The Kier molecular flexibility index (Phi) is 5.43. The van der Waals surface area contributed by atoms with Crippen molar-refractivity contribution in [2.24, 2.45) is 0 Å². The number of halogens is 1. The second-order valence-corrected chi connectivity index (χ2v) is 8.59. The van der Waals surface area contributed by atoms with E-state index in [1.165, 1.54) is 4.31 Å². The van der Waals surface area contributed by atoms with E-state index in [0.29, 0.717) is 22.3 Å². The zero-order chi connectivity index (χ0) is 18.0. The molecule has 1 aliphatic rings. The summed E-state index contributed by atoms with van der Waals surface area (Å²) in [5.41, 5.74) is 0.578. The van der Waals surface area contributed by atoms with Crippen LogP contribution in [0.1, 0.15) is 43.1 Å². The van der Waals surface area contributed by atoms with Gasteiger partial charge in [0, 0.05) is 24.0 Å². The van der Waals surface area contributed by atoms with E-state index in [9.17, 15) is 8.42 Å². The number of nitrogens with zero attached hydrogens (tertiary/aromatic N) is 3. The molecule has 0 amide bonds. The predicted molar refractivity (Wildman–Crippen MR) is 92.7 cm³/mol. The minimum absolute atomic E-state index is 0.102. The Morgan fingerprint density at radius 2 is 2.12 bits per heavy atom. The molecule has 0 bridgehead atoms. The van der Waals surface area contributed by atoms with Crippen molar-refractivity contribution in [1.82, 2.24) is 14.4 Å². The van der Waals surface area contributed by atoms with Gasteiger partial charge in [0.1, 0.15) is 6.10 Å². The summed E-state index contributed by atoms with van der Waals surface area (Å²) in [7, 11) is -3.53. The molecule has 7 nitrogen and oxygen atoms in total. The molecule has 0 aliphatic carbocycles. The predicted octanol–water partition coefficient (Wildman–Crippen LogP) is 2.75. The van der Waals surface area contributed by atoms with Gasteiger partial charge in [0.2, 0.25) is 21.7 Å². The Balaban J connectivity index is 1.74. The number of ether oxygens (including phenoxy) is 1. The van der Waals surface area contributed by atoms with Gasteiger partial charge >= 0.3 is 0 Å². The van der Waals surface area contributed by atoms with E-state index in [1.807, 2.05) is 13.8 Å². The van der Waals surface area contributed by atoms with Gasteiger partial charge in [-0.05, 0) is 11.6 Å². The summed E-state index contributed by atoms with van der Waals surface area (Å²) in [6, 6.07) is 6.94. The minimum atomic E-state index is -3.53. The molecule has 25 heavy (non-hydrogen) atoms. The normalized spacial score (nSPS) is 19.4. The Bertz CT molecular complexity index is 837. The lowest BCUT2D eigenvalue weighted by Gasteiger charge is -2.30. The largest absolute Gasteiger partial charge is 0.367 e. The summed E-state index contributed by atoms with van der Waals surface area (Å²) < 4.78 is 37.7. The van der Waals surface area contributed by atoms with Crippen LogP contribution >= 0.6 is 11.6 Å². The van der Waals surface area contributed by atoms with Crippen molar-refractivity contribution in [3.63, 3.8) is 0 Å². The van der Waals surface area contributed by atoms with Crippen LogP contribution in [0.25, 0.3) is 0 Å². The minimum Gasteiger partial charge on any atom is -0.367 e. The van der Waals surface area contributed by atoms with Gasteiger partial charge in [-0.25, -0.2) is 8.42 Å². The number of morpholine rings is 1. The summed E-state index contributed by atoms with van der Waals surface area (Å²) >= 11 is 6.09. The molecule has 1 fully saturated rings. The van der Waals surface area contributed by atoms with E-state index >= 15 is 0 Å². The average molecular weight is 386 g/mol. The first kappa shape index (κ1) is 18.3. The second-order valence-electron chi connectivity index (χ2n) is 6.21. The molecule has 136 valence electrons. The molecule has 1 aliphatic heterocycles. The van der Waals surface area contributed by atoms with E-state index in [-0.39, 0.29) is 31.4 Å². The molecule has 0 saturated carbocycles. The lowest BCUT2D eigenvalue weighted by Crippen LogP contribution is -2.43. The fraction of sp³-hybridized carbons (Fsp3) is 0.500. The van der Waals surface area contributed by atoms with Gasteiger partial charge in [-0.15, -0.1) is 0 Å². The maximum absolute atomic E-state index is 12.7. The van der Waals surface area contributed by atoms with Crippen LogP contribution in [-0.2, 0) is 20.5 Å². The molecule has 1 saturated heterocycles. The van der Waals surface area contributed by atoms with Gasteiger partial charge in [-0.3, -0.25) is 0 Å². The fourth-order valence-electron chi connectivity index (χ4n) is 2.55. The average Bonchev–Trinajstić information content (AvgIpc) is 3.07. The Hall–Kier alpha value is -1.48. The summed E-state index contributed by atoms with van der Waals surface area (Å²) in [6.07, 6.45) is -0.536. The van der Waals surface area contributed by atoms with E-state index in [0.717, 1.165) is 0 Å². The maximum atomic E-state index is 12.7. The van der Waals surface area contributed by atoms with Crippen LogP contribution < -0.4 is 0 Å². The fourth-order valence-corrected chi connectivity index (χ4v) is 4.37. The van der Waals surface area contributed by atoms with Crippen LogP contribution in [0, 0.1) is 0 Å². The first-order valence-corrected chi connectivity index (χ1v) is 10.0. The molecule has 0 spiro atoms. The van der Waals surface area contributed by atoms with Gasteiger partial charge in [0.25, 0.3) is 0 Å². The van der Waals surface area contributed by atoms with Crippen molar-refractivity contribution in [3.05, 3.63) is 46.6 Å². The van der Waals surface area contributed by atoms with Gasteiger partial charge in [-0.1, -0.05) is 48.8 Å². The van der Waals surface area contributed by atoms with Crippen molar-refractivity contribution < 1.29 is 17.7 Å². The van der Waals surface area contributed by atoms with Crippen LogP contribution in [0.3, 0.4) is 0 Å². The van der Waals surface area contributed by atoms with Gasteiger partial charge < -0.3 is 9.26 Å². The molecule has 1 aromatic heterocycles. The molecule has 2 aromatic rings. The zero-order valence-electron chi connectivity index (χ0n) is 14.1. The second kappa shape index (κ2) is 7.41. The first-order chi connectivity index (χ1) is 11.9. The summed E-state index contributed by atoms with van der Waals surface area (Å²) in [4.78, 5) is 4.30. The van der Waals surface area contributed by atoms with E-state index in [1.54, 1.807) is 24.3 Å². The summed E-state index contributed by atoms with van der Waals surface area (Å²) in [5.74, 6) is 0.837. The smallest absolute Gasteiger partial charge is 0.229 e. The van der Waals surface area contributed by atoms with Crippen molar-refractivity contribution in [1.29, 1.82) is 0 Å². The SMILES string of the molecule is CC(C)c1nc(C2CN(S(=O)(=O)Cc3ccccc3Cl)CCO2)no1. The van der Waals surface area contributed by atoms with Crippen LogP contribution in [0.15, 0.2) is 28.8 Å². The van der Waals surface area contributed by atoms with Crippen molar-refractivity contribution in [3.8, 4) is 0 Å². The molecule has 3 rings (SSSR count). The molecule has 1 unspecified atom stereocenters. The highest BCUT2D eigenvalue weighted by atomic mass is 35.5. The number of rotatable bonds is 5. The van der Waals surface area contributed by atoms with Gasteiger partial charge in [0.05, 0.1) is 12.4 Å².